The average Bonchev–Trinajstić information content (AvgIpc) is 2.94. The Morgan fingerprint density at radius 3 is 2.42 bits per heavy atom. The van der Waals surface area contributed by atoms with Gasteiger partial charge < -0.3 is 13.9 Å². The second-order valence-corrected chi connectivity index (χ2v) is 12.1. The van der Waals surface area contributed by atoms with Crippen LogP contribution < -0.4 is 14.9 Å². The van der Waals surface area contributed by atoms with Gasteiger partial charge in [0.25, 0.3) is 0 Å². The standard InChI is InChI=1S/C30H28ClF3N2O6S/c1-14(2)28-17(5)27(38)21-12-15(3)11-20(29(21)41-28)18(6)35-23-8-10-25(31)36-26(23)19-7-9-24(22(13-37)16(19)4)42-43(39,40)30(32,33)34/h7-14,18,35H,1-6H3/i4D3. The van der Waals surface area contributed by atoms with Crippen LogP contribution >= 0.6 is 11.6 Å². The number of halogens is 4. The second-order valence-electron chi connectivity index (χ2n) is 10.2. The van der Waals surface area contributed by atoms with E-state index in [0.29, 0.717) is 27.9 Å². The fourth-order valence-electron chi connectivity index (χ4n) is 4.68. The molecule has 2 aromatic carbocycles. The van der Waals surface area contributed by atoms with E-state index in [1.165, 1.54) is 12.1 Å². The average molecular weight is 640 g/mol. The topological polar surface area (TPSA) is 116 Å². The Morgan fingerprint density at radius 1 is 1.12 bits per heavy atom. The van der Waals surface area contributed by atoms with Crippen molar-refractivity contribution < 1.29 is 39.1 Å². The molecule has 1 atom stereocenters. The van der Waals surface area contributed by atoms with Crippen molar-refractivity contribution in [3.8, 4) is 17.0 Å². The normalized spacial score (nSPS) is 14.2. The van der Waals surface area contributed by atoms with E-state index >= 15 is 0 Å². The molecule has 0 aliphatic carbocycles. The minimum atomic E-state index is -6.24. The summed E-state index contributed by atoms with van der Waals surface area (Å²) >= 11 is 6.18. The number of anilines is 1. The fraction of sp³-hybridized carbons (Fsp3) is 0.300. The van der Waals surface area contributed by atoms with Crippen LogP contribution in [0.25, 0.3) is 22.2 Å². The van der Waals surface area contributed by atoms with Crippen molar-refractivity contribution >= 4 is 44.7 Å². The molecule has 228 valence electrons. The predicted octanol–water partition coefficient (Wildman–Crippen LogP) is 7.77. The van der Waals surface area contributed by atoms with E-state index in [1.54, 1.807) is 19.9 Å². The van der Waals surface area contributed by atoms with Gasteiger partial charge in [0.1, 0.15) is 16.5 Å². The summed E-state index contributed by atoms with van der Waals surface area (Å²) in [5.41, 5.74) is -5.80. The van der Waals surface area contributed by atoms with Crippen molar-refractivity contribution in [2.75, 3.05) is 5.32 Å². The lowest BCUT2D eigenvalue weighted by Crippen LogP contribution is -2.28. The van der Waals surface area contributed by atoms with Gasteiger partial charge in [0.15, 0.2) is 17.5 Å². The Kier molecular flexibility index (Phi) is 7.56. The highest BCUT2D eigenvalue weighted by molar-refractivity contribution is 7.88. The third-order valence-corrected chi connectivity index (χ3v) is 7.89. The third kappa shape index (κ3) is 6.12. The molecule has 13 heteroatoms. The minimum Gasteiger partial charge on any atom is -0.460 e. The van der Waals surface area contributed by atoms with Crippen LogP contribution in [0.3, 0.4) is 0 Å². The van der Waals surface area contributed by atoms with Crippen molar-refractivity contribution in [3.05, 3.63) is 85.4 Å². The molecule has 0 spiro atoms. The summed E-state index contributed by atoms with van der Waals surface area (Å²) in [5, 5.41) is 3.48. The largest absolute Gasteiger partial charge is 0.534 e. The summed E-state index contributed by atoms with van der Waals surface area (Å²) in [6.45, 7) is 5.87. The van der Waals surface area contributed by atoms with Crippen LogP contribution in [0.1, 0.15) is 75.2 Å². The zero-order chi connectivity index (χ0) is 34.5. The Morgan fingerprint density at radius 2 is 1.81 bits per heavy atom. The summed E-state index contributed by atoms with van der Waals surface area (Å²) in [7, 11) is -6.24. The summed E-state index contributed by atoms with van der Waals surface area (Å²) in [4.78, 5) is 29.6. The number of nitrogens with one attached hydrogen (secondary N) is 1. The molecule has 2 aromatic heterocycles. The molecule has 1 N–H and O–H groups in total. The van der Waals surface area contributed by atoms with Crippen LogP contribution in [0.2, 0.25) is 5.15 Å². The third-order valence-electron chi connectivity index (χ3n) is 6.71. The van der Waals surface area contributed by atoms with Crippen molar-refractivity contribution in [3.63, 3.8) is 0 Å². The van der Waals surface area contributed by atoms with Gasteiger partial charge in [-0.1, -0.05) is 31.5 Å². The van der Waals surface area contributed by atoms with Gasteiger partial charge in [0.2, 0.25) is 0 Å². The Balaban J connectivity index is 1.93. The maximum atomic E-state index is 13.3. The van der Waals surface area contributed by atoms with E-state index in [1.807, 2.05) is 26.8 Å². The Hall–Kier alpha value is -3.90. The second kappa shape index (κ2) is 11.6. The molecule has 0 aliphatic rings. The fourth-order valence-corrected chi connectivity index (χ4v) is 5.30. The van der Waals surface area contributed by atoms with E-state index in [2.05, 4.69) is 14.5 Å². The zero-order valence-corrected chi connectivity index (χ0v) is 25.1. The van der Waals surface area contributed by atoms with Crippen molar-refractivity contribution in [1.29, 1.82) is 0 Å². The Bertz CT molecular complexity index is 2030. The quantitative estimate of drug-likeness (QED) is 0.0900. The van der Waals surface area contributed by atoms with E-state index in [-0.39, 0.29) is 39.7 Å². The zero-order valence-electron chi connectivity index (χ0n) is 26.5. The number of pyridine rings is 1. The molecule has 0 amide bonds. The van der Waals surface area contributed by atoms with E-state index in [4.69, 9.17) is 20.1 Å². The molecule has 4 aromatic rings. The predicted molar refractivity (Wildman–Crippen MR) is 158 cm³/mol. The van der Waals surface area contributed by atoms with Crippen molar-refractivity contribution in [1.82, 2.24) is 4.98 Å². The van der Waals surface area contributed by atoms with E-state index in [9.17, 15) is 31.2 Å². The number of carbonyl (C=O) groups is 1. The van der Waals surface area contributed by atoms with Crippen LogP contribution in [-0.4, -0.2) is 25.2 Å². The maximum Gasteiger partial charge on any atom is 0.534 e. The number of aldehydes is 1. The first-order chi connectivity index (χ1) is 21.2. The van der Waals surface area contributed by atoms with Crippen molar-refractivity contribution in [2.24, 2.45) is 0 Å². The Labute approximate surface area is 255 Å². The van der Waals surface area contributed by atoms with E-state index in [0.717, 1.165) is 17.7 Å². The molecule has 0 aliphatic heterocycles. The number of rotatable bonds is 8. The number of carbonyl (C=O) groups excluding carboxylic acids is 1. The van der Waals surface area contributed by atoms with Gasteiger partial charge in [-0.3, -0.25) is 9.59 Å². The van der Waals surface area contributed by atoms with Crippen LogP contribution in [-0.2, 0) is 10.1 Å². The van der Waals surface area contributed by atoms with Gasteiger partial charge in [-0.15, -0.1) is 0 Å². The lowest BCUT2D eigenvalue weighted by molar-refractivity contribution is -0.0500. The summed E-state index contributed by atoms with van der Waals surface area (Å²) in [6, 6.07) is 7.50. The smallest absolute Gasteiger partial charge is 0.460 e. The first-order valence-corrected chi connectivity index (χ1v) is 14.6. The number of aryl methyl sites for hydroxylation is 1. The molecule has 4 rings (SSSR count). The van der Waals surface area contributed by atoms with Gasteiger partial charge in [0, 0.05) is 26.7 Å². The number of aromatic nitrogens is 1. The van der Waals surface area contributed by atoms with Crippen LogP contribution in [0.15, 0.2) is 45.6 Å². The number of benzene rings is 2. The lowest BCUT2D eigenvalue weighted by atomic mass is 9.97. The molecule has 0 fully saturated rings. The van der Waals surface area contributed by atoms with Gasteiger partial charge in [-0.2, -0.15) is 21.6 Å². The molecular formula is C30H28ClF3N2O6S. The number of hydrogen-bond donors (Lipinski definition) is 1. The lowest BCUT2D eigenvalue weighted by Gasteiger charge is -2.22. The summed E-state index contributed by atoms with van der Waals surface area (Å²) in [5.74, 6) is -0.711. The summed E-state index contributed by atoms with van der Waals surface area (Å²) < 4.78 is 97.2. The molecule has 2 heterocycles. The highest BCUT2D eigenvalue weighted by Gasteiger charge is 2.49. The minimum absolute atomic E-state index is 0.0926. The number of nitrogens with zero attached hydrogens (tertiary/aromatic N) is 1. The summed E-state index contributed by atoms with van der Waals surface area (Å²) in [6.07, 6.45) is -0.109. The van der Waals surface area contributed by atoms with Gasteiger partial charge in [0.05, 0.1) is 28.4 Å². The molecule has 1 unspecified atom stereocenters. The maximum absolute atomic E-state index is 13.3. The first-order valence-electron chi connectivity index (χ1n) is 14.3. The number of hydrogen-bond acceptors (Lipinski definition) is 8. The molecular weight excluding hydrogens is 609 g/mol. The van der Waals surface area contributed by atoms with Gasteiger partial charge in [-0.05, 0) is 69.1 Å². The van der Waals surface area contributed by atoms with Gasteiger partial charge >= 0.3 is 15.6 Å². The molecule has 0 radical (unpaired) electrons. The van der Waals surface area contributed by atoms with Crippen LogP contribution in [0.5, 0.6) is 5.75 Å². The number of alkyl halides is 3. The SMILES string of the molecule is [2H]C([2H])([2H])c1c(-c2nc(Cl)ccc2NC(C)c2cc(C)cc3c(=O)c(C)c(C(C)C)oc23)ccc(OS(=O)(=O)C(F)(F)F)c1C=O. The van der Waals surface area contributed by atoms with Crippen molar-refractivity contribution in [2.45, 2.75) is 58.9 Å². The monoisotopic (exact) mass is 639 g/mol. The molecule has 8 nitrogen and oxygen atoms in total. The number of fused-ring (bicyclic) bond motifs is 1. The molecule has 43 heavy (non-hydrogen) atoms. The molecule has 0 saturated heterocycles. The highest BCUT2D eigenvalue weighted by atomic mass is 35.5. The molecule has 0 bridgehead atoms. The molecule has 0 saturated carbocycles. The van der Waals surface area contributed by atoms with Crippen LogP contribution in [0.4, 0.5) is 18.9 Å². The van der Waals surface area contributed by atoms with Gasteiger partial charge in [-0.25, -0.2) is 4.98 Å². The highest BCUT2D eigenvalue weighted by Crippen LogP contribution is 2.38. The first kappa shape index (κ1) is 27.9. The van der Waals surface area contributed by atoms with E-state index < -0.39 is 45.4 Å². The van der Waals surface area contributed by atoms with Crippen LogP contribution in [0, 0.1) is 20.7 Å².